The van der Waals surface area contributed by atoms with Gasteiger partial charge in [-0.25, -0.2) is 0 Å². The van der Waals surface area contributed by atoms with Crippen molar-refractivity contribution < 1.29 is 9.90 Å². The number of carbonyl (C=O) groups is 1. The molecule has 12 heavy (non-hydrogen) atoms. The van der Waals surface area contributed by atoms with Gasteiger partial charge in [-0.2, -0.15) is 0 Å². The maximum Gasteiger partial charge on any atom is 0.323 e. The molecule has 0 amide bonds. The van der Waals surface area contributed by atoms with Crippen LogP contribution in [0, 0.1) is 11.8 Å². The van der Waals surface area contributed by atoms with E-state index >= 15 is 0 Å². The smallest absolute Gasteiger partial charge is 0.323 e. The maximum absolute atomic E-state index is 10.8. The summed E-state index contributed by atoms with van der Waals surface area (Å²) in [7, 11) is 0. The first kappa shape index (κ1) is 9.52. The highest BCUT2D eigenvalue weighted by Gasteiger charge is 2.49. The summed E-state index contributed by atoms with van der Waals surface area (Å²) in [4.78, 5) is 10.8. The third-order valence-electron chi connectivity index (χ3n) is 2.79. The summed E-state index contributed by atoms with van der Waals surface area (Å²) in [5, 5.41) is 8.85. The molecule has 0 saturated heterocycles. The topological polar surface area (TPSA) is 63.3 Å². The van der Waals surface area contributed by atoms with Crippen LogP contribution in [-0.2, 0) is 4.79 Å². The minimum atomic E-state index is -0.912. The van der Waals surface area contributed by atoms with Gasteiger partial charge in [0.1, 0.15) is 5.54 Å². The lowest BCUT2D eigenvalue weighted by Gasteiger charge is -2.44. The molecule has 0 aliphatic heterocycles. The molecular weight excluding hydrogens is 154 g/mol. The van der Waals surface area contributed by atoms with Crippen molar-refractivity contribution in [1.82, 2.24) is 0 Å². The van der Waals surface area contributed by atoms with Gasteiger partial charge in [-0.3, -0.25) is 4.79 Å². The minimum Gasteiger partial charge on any atom is -0.480 e. The van der Waals surface area contributed by atoms with Crippen molar-refractivity contribution in [1.29, 1.82) is 0 Å². The molecule has 3 heteroatoms. The largest absolute Gasteiger partial charge is 0.480 e. The first-order valence-corrected chi connectivity index (χ1v) is 4.49. The van der Waals surface area contributed by atoms with Gasteiger partial charge in [0.25, 0.3) is 0 Å². The molecule has 0 aromatic carbocycles. The highest BCUT2D eigenvalue weighted by atomic mass is 16.4. The molecule has 3 N–H and O–H groups in total. The molecule has 0 aromatic rings. The van der Waals surface area contributed by atoms with Crippen LogP contribution in [0.1, 0.15) is 33.1 Å². The Kier molecular flexibility index (Phi) is 2.42. The van der Waals surface area contributed by atoms with E-state index < -0.39 is 11.5 Å². The van der Waals surface area contributed by atoms with Gasteiger partial charge in [-0.1, -0.05) is 13.8 Å². The Hall–Kier alpha value is -0.570. The standard InChI is InChI=1S/C9H17NO2/c1-6(2)5-7-3-4-9(7,10)8(11)12/h6-7H,3-5,10H2,1-2H3,(H,11,12)/t7-,9+/m1/s1. The van der Waals surface area contributed by atoms with Crippen molar-refractivity contribution in [2.75, 3.05) is 0 Å². The molecule has 0 bridgehead atoms. The Bertz CT molecular complexity index is 191. The van der Waals surface area contributed by atoms with Crippen LogP contribution in [0.15, 0.2) is 0 Å². The zero-order valence-electron chi connectivity index (χ0n) is 7.71. The van der Waals surface area contributed by atoms with Crippen LogP contribution in [0.2, 0.25) is 0 Å². The molecule has 0 aromatic heterocycles. The molecule has 0 heterocycles. The molecule has 0 spiro atoms. The first-order valence-electron chi connectivity index (χ1n) is 4.49. The van der Waals surface area contributed by atoms with E-state index in [1.54, 1.807) is 0 Å². The van der Waals surface area contributed by atoms with Crippen LogP contribution in [0.5, 0.6) is 0 Å². The van der Waals surface area contributed by atoms with E-state index in [0.29, 0.717) is 12.3 Å². The molecule has 1 rings (SSSR count). The second-order valence-electron chi connectivity index (χ2n) is 4.21. The lowest BCUT2D eigenvalue weighted by atomic mass is 9.64. The summed E-state index contributed by atoms with van der Waals surface area (Å²) in [5.41, 5.74) is 4.83. The number of aliphatic carboxylic acids is 1. The molecule has 1 aliphatic carbocycles. The fraction of sp³-hybridized carbons (Fsp3) is 0.889. The Balaban J connectivity index is 2.53. The summed E-state index contributed by atoms with van der Waals surface area (Å²) < 4.78 is 0. The Morgan fingerprint density at radius 3 is 2.58 bits per heavy atom. The number of hydrogen-bond donors (Lipinski definition) is 2. The molecule has 0 unspecified atom stereocenters. The minimum absolute atomic E-state index is 0.190. The number of carboxylic acid groups (broad SMARTS) is 1. The molecule has 70 valence electrons. The fourth-order valence-corrected chi connectivity index (χ4v) is 1.84. The third kappa shape index (κ3) is 1.46. The predicted octanol–water partition coefficient (Wildman–Crippen LogP) is 1.22. The zero-order chi connectivity index (χ0) is 9.35. The Morgan fingerprint density at radius 2 is 2.33 bits per heavy atom. The second kappa shape index (κ2) is 3.05. The van der Waals surface area contributed by atoms with E-state index in [0.717, 1.165) is 12.8 Å². The van der Waals surface area contributed by atoms with E-state index in [-0.39, 0.29) is 5.92 Å². The van der Waals surface area contributed by atoms with Gasteiger partial charge in [-0.15, -0.1) is 0 Å². The maximum atomic E-state index is 10.8. The lowest BCUT2D eigenvalue weighted by Crippen LogP contribution is -2.61. The fourth-order valence-electron chi connectivity index (χ4n) is 1.84. The van der Waals surface area contributed by atoms with Gasteiger partial charge in [0.15, 0.2) is 0 Å². The van der Waals surface area contributed by atoms with Crippen LogP contribution in [0.25, 0.3) is 0 Å². The Labute approximate surface area is 72.9 Å². The molecule has 0 radical (unpaired) electrons. The van der Waals surface area contributed by atoms with Crippen LogP contribution < -0.4 is 5.73 Å². The quantitative estimate of drug-likeness (QED) is 0.671. The van der Waals surface area contributed by atoms with Crippen molar-refractivity contribution in [3.8, 4) is 0 Å². The van der Waals surface area contributed by atoms with Crippen LogP contribution in [0.3, 0.4) is 0 Å². The average molecular weight is 171 g/mol. The van der Waals surface area contributed by atoms with Gasteiger partial charge >= 0.3 is 5.97 Å². The van der Waals surface area contributed by atoms with Crippen molar-refractivity contribution >= 4 is 5.97 Å². The van der Waals surface area contributed by atoms with Crippen LogP contribution in [-0.4, -0.2) is 16.6 Å². The van der Waals surface area contributed by atoms with Crippen molar-refractivity contribution in [3.63, 3.8) is 0 Å². The average Bonchev–Trinajstić information content (AvgIpc) is 1.96. The molecule has 1 saturated carbocycles. The number of nitrogens with two attached hydrogens (primary N) is 1. The van der Waals surface area contributed by atoms with E-state index in [4.69, 9.17) is 10.8 Å². The van der Waals surface area contributed by atoms with Gasteiger partial charge in [0, 0.05) is 0 Å². The predicted molar refractivity (Wildman–Crippen MR) is 46.7 cm³/mol. The molecular formula is C9H17NO2. The summed E-state index contributed by atoms with van der Waals surface area (Å²) in [6, 6.07) is 0. The molecule has 1 aliphatic rings. The summed E-state index contributed by atoms with van der Waals surface area (Å²) in [6.07, 6.45) is 2.55. The van der Waals surface area contributed by atoms with E-state index in [2.05, 4.69) is 13.8 Å². The van der Waals surface area contributed by atoms with Crippen LogP contribution >= 0.6 is 0 Å². The van der Waals surface area contributed by atoms with Crippen molar-refractivity contribution in [2.24, 2.45) is 17.6 Å². The van der Waals surface area contributed by atoms with E-state index in [9.17, 15) is 4.79 Å². The molecule has 3 nitrogen and oxygen atoms in total. The highest BCUT2D eigenvalue weighted by molar-refractivity contribution is 5.80. The van der Waals surface area contributed by atoms with Gasteiger partial charge < -0.3 is 10.8 Å². The summed E-state index contributed by atoms with van der Waals surface area (Å²) in [6.45, 7) is 4.20. The van der Waals surface area contributed by atoms with Crippen molar-refractivity contribution in [2.45, 2.75) is 38.6 Å². The SMILES string of the molecule is CC(C)C[C@H]1CC[C@@]1(N)C(=O)O. The van der Waals surface area contributed by atoms with E-state index in [1.165, 1.54) is 0 Å². The Morgan fingerprint density at radius 1 is 1.75 bits per heavy atom. The zero-order valence-corrected chi connectivity index (χ0v) is 7.71. The number of carboxylic acids is 1. The van der Waals surface area contributed by atoms with Crippen LogP contribution in [0.4, 0.5) is 0 Å². The molecule has 2 atom stereocenters. The summed E-state index contributed by atoms with van der Waals surface area (Å²) >= 11 is 0. The highest BCUT2D eigenvalue weighted by Crippen LogP contribution is 2.40. The number of hydrogen-bond acceptors (Lipinski definition) is 2. The lowest BCUT2D eigenvalue weighted by molar-refractivity contribution is -0.151. The second-order valence-corrected chi connectivity index (χ2v) is 4.21. The van der Waals surface area contributed by atoms with Gasteiger partial charge in [0.2, 0.25) is 0 Å². The monoisotopic (exact) mass is 171 g/mol. The number of rotatable bonds is 3. The normalized spacial score (nSPS) is 34.8. The van der Waals surface area contributed by atoms with Crippen molar-refractivity contribution in [3.05, 3.63) is 0 Å². The van der Waals surface area contributed by atoms with Gasteiger partial charge in [0.05, 0.1) is 0 Å². The van der Waals surface area contributed by atoms with Gasteiger partial charge in [-0.05, 0) is 31.1 Å². The molecule has 1 fully saturated rings. The summed E-state index contributed by atoms with van der Waals surface area (Å²) in [5.74, 6) is -0.105. The first-order chi connectivity index (χ1) is 5.47. The third-order valence-corrected chi connectivity index (χ3v) is 2.79. The van der Waals surface area contributed by atoms with E-state index in [1.807, 2.05) is 0 Å².